The van der Waals surface area contributed by atoms with E-state index < -0.39 is 43.4 Å². The molecule has 5 N–H and O–H groups in total. The maximum absolute atomic E-state index is 13.4. The van der Waals surface area contributed by atoms with Crippen LogP contribution in [0.2, 0.25) is 0 Å². The molecule has 11 heteroatoms. The summed E-state index contributed by atoms with van der Waals surface area (Å²) in [6.45, 7) is 4.98. The van der Waals surface area contributed by atoms with Gasteiger partial charge in [-0.15, -0.1) is 0 Å². The van der Waals surface area contributed by atoms with Gasteiger partial charge in [-0.1, -0.05) is 74.5 Å². The molecule has 0 radical (unpaired) electrons. The molecule has 3 amide bonds. The second kappa shape index (κ2) is 13.8. The van der Waals surface area contributed by atoms with Crippen LogP contribution in [0.1, 0.15) is 38.3 Å². The summed E-state index contributed by atoms with van der Waals surface area (Å²) in [6.07, 6.45) is -2.23. The Hall–Kier alpha value is -3.20. The summed E-state index contributed by atoms with van der Waals surface area (Å²) in [5.74, 6) is -3.00. The second-order valence-electron chi connectivity index (χ2n) is 8.83. The van der Waals surface area contributed by atoms with Gasteiger partial charge in [0.15, 0.2) is 0 Å². The number of carbonyl (C=O) groups is 3. The minimum atomic E-state index is -4.64. The fourth-order valence-corrected chi connectivity index (χ4v) is 4.65. The van der Waals surface area contributed by atoms with Gasteiger partial charge in [-0.05, 0) is 30.4 Å². The first kappa shape index (κ1) is 29.0. The zero-order valence-electron chi connectivity index (χ0n) is 20.6. The average Bonchev–Trinajstić information content (AvgIpc) is 2.82. The van der Waals surface area contributed by atoms with Gasteiger partial charge in [-0.3, -0.25) is 18.7 Å². The zero-order valence-corrected chi connectivity index (χ0v) is 21.5. The fraction of sp³-hybridized carbons (Fsp3) is 0.400. The van der Waals surface area contributed by atoms with E-state index in [0.29, 0.717) is 5.56 Å². The molecule has 36 heavy (non-hydrogen) atoms. The SMILES string of the molecule is CC(C)C[C@H](OP(=O)(O)[C@H](Cc1ccccc1)NC(=O)OCc1ccccc1)C(=O)N[C@@H](C)C(N)=O. The summed E-state index contributed by atoms with van der Waals surface area (Å²) in [7, 11) is -4.64. The van der Waals surface area contributed by atoms with Gasteiger partial charge in [0.05, 0.1) is 0 Å². The number of nitrogens with one attached hydrogen (secondary N) is 2. The average molecular weight is 520 g/mol. The largest absolute Gasteiger partial charge is 0.445 e. The lowest BCUT2D eigenvalue weighted by molar-refractivity contribution is -0.132. The van der Waals surface area contributed by atoms with Crippen LogP contribution in [0.5, 0.6) is 0 Å². The Morgan fingerprint density at radius 2 is 1.50 bits per heavy atom. The Morgan fingerprint density at radius 1 is 0.944 bits per heavy atom. The van der Waals surface area contributed by atoms with E-state index in [4.69, 9.17) is 15.0 Å². The van der Waals surface area contributed by atoms with Gasteiger partial charge in [0.2, 0.25) is 11.8 Å². The molecule has 0 bridgehead atoms. The number of hydrogen-bond donors (Lipinski definition) is 4. The molecule has 0 aliphatic heterocycles. The first-order valence-electron chi connectivity index (χ1n) is 11.6. The van der Waals surface area contributed by atoms with Crippen LogP contribution in [0.15, 0.2) is 60.7 Å². The van der Waals surface area contributed by atoms with Crippen molar-refractivity contribution in [3.8, 4) is 0 Å². The van der Waals surface area contributed by atoms with Gasteiger partial charge in [0.25, 0.3) is 0 Å². The highest BCUT2D eigenvalue weighted by molar-refractivity contribution is 7.53. The van der Waals surface area contributed by atoms with E-state index >= 15 is 0 Å². The number of alkyl carbamates (subject to hydrolysis) is 1. The van der Waals surface area contributed by atoms with E-state index in [0.717, 1.165) is 5.56 Å². The fourth-order valence-electron chi connectivity index (χ4n) is 3.25. The van der Waals surface area contributed by atoms with Crippen molar-refractivity contribution in [2.45, 2.75) is 58.1 Å². The van der Waals surface area contributed by atoms with Gasteiger partial charge < -0.3 is 26.0 Å². The number of ether oxygens (including phenoxy) is 1. The van der Waals surface area contributed by atoms with Crippen molar-refractivity contribution < 1.29 is 33.1 Å². The molecule has 0 saturated carbocycles. The molecule has 4 atom stereocenters. The summed E-state index contributed by atoms with van der Waals surface area (Å²) in [5.41, 5.74) is 6.62. The molecule has 0 aromatic heterocycles. The van der Waals surface area contributed by atoms with E-state index in [1.807, 2.05) is 19.9 Å². The zero-order chi connectivity index (χ0) is 26.7. The van der Waals surface area contributed by atoms with E-state index in [1.165, 1.54) is 6.92 Å². The highest BCUT2D eigenvalue weighted by Crippen LogP contribution is 2.49. The maximum atomic E-state index is 13.4. The molecule has 0 aliphatic carbocycles. The molecule has 0 saturated heterocycles. The van der Waals surface area contributed by atoms with E-state index in [9.17, 15) is 23.8 Å². The lowest BCUT2D eigenvalue weighted by Crippen LogP contribution is -2.47. The van der Waals surface area contributed by atoms with E-state index in [1.54, 1.807) is 54.6 Å². The summed E-state index contributed by atoms with van der Waals surface area (Å²) in [5, 5.41) is 4.82. The molecule has 0 aliphatic rings. The maximum Gasteiger partial charge on any atom is 0.408 e. The summed E-state index contributed by atoms with van der Waals surface area (Å²) < 4.78 is 24.1. The van der Waals surface area contributed by atoms with Crippen molar-refractivity contribution in [2.75, 3.05) is 0 Å². The molecule has 2 aromatic rings. The third-order valence-corrected chi connectivity index (χ3v) is 6.86. The lowest BCUT2D eigenvalue weighted by atomic mass is 10.1. The van der Waals surface area contributed by atoms with Crippen LogP contribution >= 0.6 is 7.60 Å². The molecule has 2 rings (SSSR count). The number of benzene rings is 2. The molecular weight excluding hydrogens is 485 g/mol. The van der Waals surface area contributed by atoms with Crippen LogP contribution in [0.4, 0.5) is 4.79 Å². The molecular formula is C25H34N3O7P. The third-order valence-electron chi connectivity index (χ3n) is 5.20. The predicted octanol–water partition coefficient (Wildman–Crippen LogP) is 3.09. The van der Waals surface area contributed by atoms with Crippen LogP contribution in [0.25, 0.3) is 0 Å². The summed E-state index contributed by atoms with van der Waals surface area (Å²) >= 11 is 0. The summed E-state index contributed by atoms with van der Waals surface area (Å²) in [6, 6.07) is 16.7. The number of nitrogens with two attached hydrogens (primary N) is 1. The van der Waals surface area contributed by atoms with Crippen molar-refractivity contribution in [1.29, 1.82) is 0 Å². The Bertz CT molecular complexity index is 1050. The monoisotopic (exact) mass is 519 g/mol. The Balaban J connectivity index is 2.21. The van der Waals surface area contributed by atoms with E-state index in [-0.39, 0.29) is 25.4 Å². The number of primary amides is 1. The van der Waals surface area contributed by atoms with Crippen molar-refractivity contribution >= 4 is 25.5 Å². The van der Waals surface area contributed by atoms with Crippen LogP contribution in [0.3, 0.4) is 0 Å². The molecule has 0 heterocycles. The van der Waals surface area contributed by atoms with Gasteiger partial charge in [0, 0.05) is 6.42 Å². The number of hydrogen-bond acceptors (Lipinski definition) is 6. The Morgan fingerprint density at radius 3 is 2.03 bits per heavy atom. The Kier molecular flexibility index (Phi) is 11.1. The van der Waals surface area contributed by atoms with Crippen molar-refractivity contribution in [2.24, 2.45) is 11.7 Å². The van der Waals surface area contributed by atoms with Gasteiger partial charge in [0.1, 0.15) is 24.5 Å². The van der Waals surface area contributed by atoms with Crippen LogP contribution in [-0.2, 0) is 36.4 Å². The third kappa shape index (κ3) is 9.81. The molecule has 196 valence electrons. The molecule has 0 spiro atoms. The first-order valence-corrected chi connectivity index (χ1v) is 13.2. The lowest BCUT2D eigenvalue weighted by Gasteiger charge is -2.28. The number of rotatable bonds is 13. The van der Waals surface area contributed by atoms with Gasteiger partial charge in [-0.2, -0.15) is 0 Å². The first-order chi connectivity index (χ1) is 17.0. The summed E-state index contributed by atoms with van der Waals surface area (Å²) in [4.78, 5) is 47.6. The van der Waals surface area contributed by atoms with Crippen molar-refractivity contribution in [3.05, 3.63) is 71.8 Å². The van der Waals surface area contributed by atoms with Crippen molar-refractivity contribution in [1.82, 2.24) is 10.6 Å². The smallest absolute Gasteiger partial charge is 0.408 e. The minimum absolute atomic E-state index is 0.0370. The highest BCUT2D eigenvalue weighted by Gasteiger charge is 2.39. The van der Waals surface area contributed by atoms with Crippen LogP contribution in [0, 0.1) is 5.92 Å². The van der Waals surface area contributed by atoms with Crippen LogP contribution < -0.4 is 16.4 Å². The molecule has 2 aromatic carbocycles. The quantitative estimate of drug-likeness (QED) is 0.296. The highest BCUT2D eigenvalue weighted by atomic mass is 31.2. The minimum Gasteiger partial charge on any atom is -0.445 e. The Labute approximate surface area is 211 Å². The number of amides is 3. The van der Waals surface area contributed by atoms with Crippen molar-refractivity contribution in [3.63, 3.8) is 0 Å². The normalized spacial score (nSPS) is 15.2. The molecule has 1 unspecified atom stereocenters. The topological polar surface area (TPSA) is 157 Å². The van der Waals surface area contributed by atoms with Gasteiger partial charge in [-0.25, -0.2) is 4.79 Å². The molecule has 10 nitrogen and oxygen atoms in total. The number of carbonyl (C=O) groups excluding carboxylic acids is 3. The molecule has 0 fully saturated rings. The van der Waals surface area contributed by atoms with Crippen LogP contribution in [-0.4, -0.2) is 40.7 Å². The second-order valence-corrected chi connectivity index (χ2v) is 10.8. The van der Waals surface area contributed by atoms with E-state index in [2.05, 4.69) is 10.6 Å². The van der Waals surface area contributed by atoms with Gasteiger partial charge >= 0.3 is 13.7 Å². The predicted molar refractivity (Wildman–Crippen MR) is 135 cm³/mol. The standard InChI is InChI=1S/C25H34N3O7P/c1-17(2)14-21(24(30)27-18(3)23(26)29)35-36(32,33)22(15-19-10-6-4-7-11-19)28-25(31)34-16-20-12-8-5-9-13-20/h4-13,17-18,21-22H,14-16H2,1-3H3,(H2,26,29)(H,27,30)(H,28,31)(H,32,33)/t18-,21-,22+/m0/s1.